The standard InChI is InChI=1S/C17H18N2O3/c1-11(16-4-3-9-22-16)18-17(21)14-5-6-15-13(10-14)7-8-19(15)12(2)20/h3-6,9-11H,7-8H2,1-2H3,(H,18,21)/t11-/m0/s1. The summed E-state index contributed by atoms with van der Waals surface area (Å²) in [7, 11) is 0. The van der Waals surface area contributed by atoms with Crippen molar-refractivity contribution in [2.45, 2.75) is 26.3 Å². The van der Waals surface area contributed by atoms with Crippen LogP contribution in [0.5, 0.6) is 0 Å². The van der Waals surface area contributed by atoms with Gasteiger partial charge in [-0.3, -0.25) is 9.59 Å². The summed E-state index contributed by atoms with van der Waals surface area (Å²) in [5.74, 6) is 0.604. The number of nitrogens with zero attached hydrogens (tertiary/aromatic N) is 1. The minimum Gasteiger partial charge on any atom is -0.467 e. The van der Waals surface area contributed by atoms with Crippen molar-refractivity contribution < 1.29 is 14.0 Å². The first-order valence-corrected chi connectivity index (χ1v) is 7.31. The van der Waals surface area contributed by atoms with Crippen molar-refractivity contribution in [1.82, 2.24) is 5.32 Å². The van der Waals surface area contributed by atoms with Crippen LogP contribution in [0.15, 0.2) is 41.0 Å². The molecule has 0 saturated carbocycles. The maximum absolute atomic E-state index is 12.3. The first-order valence-electron chi connectivity index (χ1n) is 7.31. The van der Waals surface area contributed by atoms with Gasteiger partial charge < -0.3 is 14.6 Å². The van der Waals surface area contributed by atoms with E-state index in [4.69, 9.17) is 4.42 Å². The molecular weight excluding hydrogens is 280 g/mol. The number of carbonyl (C=O) groups is 2. The van der Waals surface area contributed by atoms with Crippen molar-refractivity contribution in [1.29, 1.82) is 0 Å². The highest BCUT2D eigenvalue weighted by atomic mass is 16.3. The van der Waals surface area contributed by atoms with Crippen LogP contribution in [0.2, 0.25) is 0 Å². The average molecular weight is 298 g/mol. The monoisotopic (exact) mass is 298 g/mol. The van der Waals surface area contributed by atoms with Crippen molar-refractivity contribution >= 4 is 17.5 Å². The zero-order valence-electron chi connectivity index (χ0n) is 12.6. The first kappa shape index (κ1) is 14.4. The van der Waals surface area contributed by atoms with E-state index in [0.717, 1.165) is 23.4 Å². The molecule has 0 bridgehead atoms. The first-order chi connectivity index (χ1) is 10.6. The normalized spacial score (nSPS) is 14.5. The molecule has 2 heterocycles. The molecule has 2 amide bonds. The second kappa shape index (κ2) is 5.67. The lowest BCUT2D eigenvalue weighted by Crippen LogP contribution is -2.27. The summed E-state index contributed by atoms with van der Waals surface area (Å²) in [5, 5.41) is 2.91. The minimum atomic E-state index is -0.190. The summed E-state index contributed by atoms with van der Waals surface area (Å²) < 4.78 is 5.29. The molecule has 0 saturated heterocycles. The molecule has 0 radical (unpaired) electrons. The Morgan fingerprint density at radius 3 is 2.82 bits per heavy atom. The smallest absolute Gasteiger partial charge is 0.251 e. The number of fused-ring (bicyclic) bond motifs is 1. The van der Waals surface area contributed by atoms with E-state index in [-0.39, 0.29) is 17.9 Å². The summed E-state index contributed by atoms with van der Waals surface area (Å²) in [6.45, 7) is 4.11. The van der Waals surface area contributed by atoms with Gasteiger partial charge in [-0.15, -0.1) is 0 Å². The quantitative estimate of drug-likeness (QED) is 0.947. The molecule has 1 aliphatic heterocycles. The maximum Gasteiger partial charge on any atom is 0.251 e. The number of amides is 2. The molecule has 5 heteroatoms. The number of hydrogen-bond acceptors (Lipinski definition) is 3. The van der Waals surface area contributed by atoms with E-state index in [1.165, 1.54) is 0 Å². The third-order valence-electron chi connectivity index (χ3n) is 3.93. The average Bonchev–Trinajstić information content (AvgIpc) is 3.15. The van der Waals surface area contributed by atoms with Gasteiger partial charge in [-0.25, -0.2) is 0 Å². The van der Waals surface area contributed by atoms with Crippen molar-refractivity contribution in [2.24, 2.45) is 0 Å². The van der Waals surface area contributed by atoms with Crippen LogP contribution < -0.4 is 10.2 Å². The lowest BCUT2D eigenvalue weighted by Gasteiger charge is -2.15. The highest BCUT2D eigenvalue weighted by Gasteiger charge is 2.23. The molecule has 0 fully saturated rings. The Kier molecular flexibility index (Phi) is 3.71. The van der Waals surface area contributed by atoms with Gasteiger partial charge in [0.2, 0.25) is 5.91 Å². The van der Waals surface area contributed by atoms with Gasteiger partial charge in [-0.05, 0) is 49.2 Å². The van der Waals surface area contributed by atoms with Crippen molar-refractivity contribution in [3.05, 3.63) is 53.5 Å². The largest absolute Gasteiger partial charge is 0.467 e. The number of nitrogens with one attached hydrogen (secondary N) is 1. The van der Waals surface area contributed by atoms with E-state index >= 15 is 0 Å². The predicted molar refractivity (Wildman–Crippen MR) is 82.8 cm³/mol. The molecule has 0 unspecified atom stereocenters. The molecular formula is C17H18N2O3. The third-order valence-corrected chi connectivity index (χ3v) is 3.93. The van der Waals surface area contributed by atoms with Crippen LogP contribution in [-0.4, -0.2) is 18.4 Å². The molecule has 1 atom stereocenters. The van der Waals surface area contributed by atoms with Crippen LogP contribution in [0, 0.1) is 0 Å². The molecule has 0 aliphatic carbocycles. The fourth-order valence-corrected chi connectivity index (χ4v) is 2.76. The predicted octanol–water partition coefficient (Wildman–Crippen LogP) is 2.68. The third kappa shape index (κ3) is 2.62. The Labute approximate surface area is 128 Å². The molecule has 1 aromatic carbocycles. The topological polar surface area (TPSA) is 62.6 Å². The van der Waals surface area contributed by atoms with E-state index < -0.39 is 0 Å². The minimum absolute atomic E-state index is 0.0300. The van der Waals surface area contributed by atoms with Gasteiger partial charge in [-0.2, -0.15) is 0 Å². The Morgan fingerprint density at radius 1 is 1.32 bits per heavy atom. The Hall–Kier alpha value is -2.56. The molecule has 1 aromatic heterocycles. The van der Waals surface area contributed by atoms with Gasteiger partial charge in [-0.1, -0.05) is 0 Å². The van der Waals surface area contributed by atoms with Gasteiger partial charge >= 0.3 is 0 Å². The SMILES string of the molecule is CC(=O)N1CCc2cc(C(=O)N[C@@H](C)c3ccco3)ccc21. The summed E-state index contributed by atoms with van der Waals surface area (Å²) in [4.78, 5) is 25.6. The van der Waals surface area contributed by atoms with E-state index in [1.807, 2.05) is 25.1 Å². The second-order valence-corrected chi connectivity index (χ2v) is 5.47. The lowest BCUT2D eigenvalue weighted by molar-refractivity contribution is -0.116. The molecule has 114 valence electrons. The summed E-state index contributed by atoms with van der Waals surface area (Å²) in [5.41, 5.74) is 2.54. The van der Waals surface area contributed by atoms with E-state index in [1.54, 1.807) is 30.2 Å². The van der Waals surface area contributed by atoms with Crippen LogP contribution in [0.1, 0.15) is 41.6 Å². The molecule has 22 heavy (non-hydrogen) atoms. The van der Waals surface area contributed by atoms with Crippen LogP contribution in [-0.2, 0) is 11.2 Å². The highest BCUT2D eigenvalue weighted by Crippen LogP contribution is 2.29. The highest BCUT2D eigenvalue weighted by molar-refractivity contribution is 5.98. The van der Waals surface area contributed by atoms with Crippen molar-refractivity contribution in [2.75, 3.05) is 11.4 Å². The molecule has 5 nitrogen and oxygen atoms in total. The number of furan rings is 1. The number of rotatable bonds is 3. The van der Waals surface area contributed by atoms with Crippen LogP contribution in [0.4, 0.5) is 5.69 Å². The molecule has 1 aliphatic rings. The van der Waals surface area contributed by atoms with Crippen LogP contribution >= 0.6 is 0 Å². The Balaban J connectivity index is 1.76. The zero-order chi connectivity index (χ0) is 15.7. The number of hydrogen-bond donors (Lipinski definition) is 1. The van der Waals surface area contributed by atoms with Gasteiger partial charge in [0.25, 0.3) is 5.91 Å². The van der Waals surface area contributed by atoms with Crippen LogP contribution in [0.3, 0.4) is 0 Å². The van der Waals surface area contributed by atoms with Gasteiger partial charge in [0.15, 0.2) is 0 Å². The number of carbonyl (C=O) groups excluding carboxylic acids is 2. The Morgan fingerprint density at radius 2 is 2.14 bits per heavy atom. The lowest BCUT2D eigenvalue weighted by atomic mass is 10.1. The summed E-state index contributed by atoms with van der Waals surface area (Å²) in [6.07, 6.45) is 2.37. The summed E-state index contributed by atoms with van der Waals surface area (Å²) in [6, 6.07) is 8.90. The maximum atomic E-state index is 12.3. The van der Waals surface area contributed by atoms with Gasteiger partial charge in [0.05, 0.1) is 12.3 Å². The zero-order valence-corrected chi connectivity index (χ0v) is 12.6. The van der Waals surface area contributed by atoms with E-state index in [0.29, 0.717) is 12.1 Å². The number of benzene rings is 1. The summed E-state index contributed by atoms with van der Waals surface area (Å²) >= 11 is 0. The fraction of sp³-hybridized carbons (Fsp3) is 0.294. The fourth-order valence-electron chi connectivity index (χ4n) is 2.76. The van der Waals surface area contributed by atoms with E-state index in [2.05, 4.69) is 5.32 Å². The number of anilines is 1. The van der Waals surface area contributed by atoms with Gasteiger partial charge in [0.1, 0.15) is 5.76 Å². The Bertz CT molecular complexity index is 707. The van der Waals surface area contributed by atoms with Gasteiger partial charge in [0, 0.05) is 24.7 Å². The van der Waals surface area contributed by atoms with Crippen molar-refractivity contribution in [3.63, 3.8) is 0 Å². The molecule has 0 spiro atoms. The van der Waals surface area contributed by atoms with Crippen LogP contribution in [0.25, 0.3) is 0 Å². The molecule has 3 rings (SSSR count). The van der Waals surface area contributed by atoms with Crippen molar-refractivity contribution in [3.8, 4) is 0 Å². The molecule has 1 N–H and O–H groups in total. The second-order valence-electron chi connectivity index (χ2n) is 5.47. The van der Waals surface area contributed by atoms with E-state index in [9.17, 15) is 9.59 Å². The molecule has 2 aromatic rings.